The van der Waals surface area contributed by atoms with E-state index in [1.165, 1.54) is 6.08 Å². The molecule has 0 aromatic rings. The number of carbonyl (C=O) groups excluding carboxylic acids is 3. The quantitative estimate of drug-likeness (QED) is 0.439. The van der Waals surface area contributed by atoms with E-state index < -0.39 is 47.4 Å². The highest BCUT2D eigenvalue weighted by molar-refractivity contribution is 6.09. The van der Waals surface area contributed by atoms with Gasteiger partial charge in [0.05, 0.1) is 5.92 Å². The van der Waals surface area contributed by atoms with Gasteiger partial charge in [-0.15, -0.1) is 0 Å². The van der Waals surface area contributed by atoms with Gasteiger partial charge < -0.3 is 19.3 Å². The van der Waals surface area contributed by atoms with Crippen LogP contribution in [0.2, 0.25) is 0 Å². The van der Waals surface area contributed by atoms with E-state index in [1.54, 1.807) is 27.7 Å². The van der Waals surface area contributed by atoms with Crippen molar-refractivity contribution in [2.75, 3.05) is 0 Å². The van der Waals surface area contributed by atoms with Gasteiger partial charge in [-0.1, -0.05) is 17.7 Å². The summed E-state index contributed by atoms with van der Waals surface area (Å²) in [5.74, 6) is -2.29. The van der Waals surface area contributed by atoms with Gasteiger partial charge in [-0.05, 0) is 27.7 Å². The number of hydrogen-bond donors (Lipinski definition) is 1. The molecule has 2 aliphatic carbocycles. The summed E-state index contributed by atoms with van der Waals surface area (Å²) in [5, 5.41) is 11.6. The van der Waals surface area contributed by atoms with Crippen LogP contribution >= 0.6 is 0 Å². The normalized spacial score (nSPS) is 42.0. The molecule has 0 bridgehead atoms. The Balaban J connectivity index is 1.82. The molecule has 0 amide bonds. The number of fused-ring (bicyclic) bond motifs is 5. The van der Waals surface area contributed by atoms with Crippen molar-refractivity contribution in [3.63, 3.8) is 0 Å². The average Bonchev–Trinajstić information content (AvgIpc) is 3.13. The van der Waals surface area contributed by atoms with Crippen molar-refractivity contribution in [1.29, 1.82) is 0 Å². The number of allylic oxidation sites excluding steroid dienone is 1. The molecule has 4 aliphatic rings. The highest BCUT2D eigenvalue weighted by atomic mass is 16.6. The van der Waals surface area contributed by atoms with Crippen LogP contribution in [0.1, 0.15) is 34.1 Å². The lowest BCUT2D eigenvalue weighted by Gasteiger charge is -2.37. The van der Waals surface area contributed by atoms with Gasteiger partial charge in [0.1, 0.15) is 17.8 Å². The van der Waals surface area contributed by atoms with Crippen LogP contribution in [0.15, 0.2) is 34.9 Å². The minimum absolute atomic E-state index is 0.123. The van der Waals surface area contributed by atoms with E-state index in [1.807, 2.05) is 0 Å². The van der Waals surface area contributed by atoms with E-state index in [4.69, 9.17) is 14.2 Å². The van der Waals surface area contributed by atoms with Crippen molar-refractivity contribution >= 4 is 17.7 Å². The third-order valence-corrected chi connectivity index (χ3v) is 6.07. The van der Waals surface area contributed by atoms with Crippen molar-refractivity contribution < 1.29 is 33.7 Å². The molecule has 0 aromatic heterocycles. The van der Waals surface area contributed by atoms with E-state index >= 15 is 0 Å². The van der Waals surface area contributed by atoms with Gasteiger partial charge >= 0.3 is 11.9 Å². The second-order valence-electron chi connectivity index (χ2n) is 8.17. The van der Waals surface area contributed by atoms with Gasteiger partial charge in [-0.3, -0.25) is 4.79 Å². The topological polar surface area (TPSA) is 102 Å². The van der Waals surface area contributed by atoms with Crippen molar-refractivity contribution in [2.24, 2.45) is 5.92 Å². The molecule has 0 aromatic carbocycles. The number of carbonyl (C=O) groups is 3. The van der Waals surface area contributed by atoms with Gasteiger partial charge in [0.2, 0.25) is 0 Å². The minimum atomic E-state index is -1.80. The third-order valence-electron chi connectivity index (χ3n) is 6.07. The van der Waals surface area contributed by atoms with Crippen LogP contribution in [0.5, 0.6) is 0 Å². The van der Waals surface area contributed by atoms with Crippen molar-refractivity contribution in [3.05, 3.63) is 34.9 Å². The summed E-state index contributed by atoms with van der Waals surface area (Å²) in [4.78, 5) is 37.2. The fraction of sp³-hybridized carbons (Fsp3) is 0.550. The molecule has 3 fully saturated rings. The Morgan fingerprint density at radius 2 is 2.04 bits per heavy atom. The summed E-state index contributed by atoms with van der Waals surface area (Å²) in [7, 11) is 0. The van der Waals surface area contributed by atoms with Crippen LogP contribution in [0, 0.1) is 5.92 Å². The predicted octanol–water partition coefficient (Wildman–Crippen LogP) is 1.15. The monoisotopic (exact) mass is 374 g/mol. The van der Waals surface area contributed by atoms with Crippen molar-refractivity contribution in [3.8, 4) is 0 Å². The lowest BCUT2D eigenvalue weighted by molar-refractivity contribution is -0.163. The van der Waals surface area contributed by atoms with E-state index in [0.717, 1.165) is 5.57 Å². The lowest BCUT2D eigenvalue weighted by atomic mass is 9.76. The maximum absolute atomic E-state index is 12.8. The van der Waals surface area contributed by atoms with Crippen LogP contribution in [0.3, 0.4) is 0 Å². The fourth-order valence-corrected chi connectivity index (χ4v) is 4.74. The molecule has 7 heteroatoms. The summed E-state index contributed by atoms with van der Waals surface area (Å²) in [5.41, 5.74) is -1.25. The average molecular weight is 374 g/mol. The van der Waals surface area contributed by atoms with E-state index in [9.17, 15) is 19.5 Å². The van der Waals surface area contributed by atoms with Gasteiger partial charge in [0, 0.05) is 23.6 Å². The fourth-order valence-electron chi connectivity index (χ4n) is 4.74. The first-order chi connectivity index (χ1) is 12.5. The maximum atomic E-state index is 12.8. The van der Waals surface area contributed by atoms with Crippen molar-refractivity contribution in [2.45, 2.75) is 63.6 Å². The molecule has 0 spiro atoms. The molecular weight excluding hydrogens is 352 g/mol. The molecule has 144 valence electrons. The first kappa shape index (κ1) is 18.1. The molecule has 1 saturated carbocycles. The van der Waals surface area contributed by atoms with Crippen LogP contribution in [-0.2, 0) is 28.6 Å². The number of esters is 2. The molecule has 7 nitrogen and oxygen atoms in total. The van der Waals surface area contributed by atoms with Crippen LogP contribution in [-0.4, -0.2) is 52.3 Å². The molecule has 2 saturated heterocycles. The lowest BCUT2D eigenvalue weighted by Crippen LogP contribution is -2.56. The number of epoxide rings is 1. The highest BCUT2D eigenvalue weighted by Gasteiger charge is 2.82. The number of ketones is 1. The first-order valence-corrected chi connectivity index (χ1v) is 8.92. The van der Waals surface area contributed by atoms with Crippen molar-refractivity contribution in [1.82, 2.24) is 0 Å². The summed E-state index contributed by atoms with van der Waals surface area (Å²) in [6.45, 7) is 10.7. The highest BCUT2D eigenvalue weighted by Crippen LogP contribution is 2.62. The molecule has 27 heavy (non-hydrogen) atoms. The number of ether oxygens (including phenoxy) is 3. The van der Waals surface area contributed by atoms with E-state index in [-0.39, 0.29) is 23.4 Å². The second kappa shape index (κ2) is 5.39. The van der Waals surface area contributed by atoms with Gasteiger partial charge in [0.15, 0.2) is 17.5 Å². The zero-order chi connectivity index (χ0) is 19.9. The van der Waals surface area contributed by atoms with Gasteiger partial charge in [0.25, 0.3) is 0 Å². The Bertz CT molecular complexity index is 862. The molecule has 2 aliphatic heterocycles. The second-order valence-corrected chi connectivity index (χ2v) is 8.17. The van der Waals surface area contributed by atoms with E-state index in [0.29, 0.717) is 5.57 Å². The van der Waals surface area contributed by atoms with Crippen LogP contribution in [0.25, 0.3) is 0 Å². The Kier molecular flexibility index (Phi) is 3.62. The number of aliphatic hydroxyl groups is 1. The van der Waals surface area contributed by atoms with E-state index in [2.05, 4.69) is 6.58 Å². The zero-order valence-electron chi connectivity index (χ0n) is 15.7. The maximum Gasteiger partial charge on any atom is 0.334 e. The number of Topliss-reactive ketones (excluding diaryl/α,β-unsaturated/α-hetero) is 1. The van der Waals surface area contributed by atoms with Gasteiger partial charge in [-0.25, -0.2) is 9.59 Å². The smallest absolute Gasteiger partial charge is 0.334 e. The third kappa shape index (κ3) is 2.18. The van der Waals surface area contributed by atoms with Crippen LogP contribution in [0.4, 0.5) is 0 Å². The minimum Gasteiger partial charge on any atom is -0.458 e. The van der Waals surface area contributed by atoms with Gasteiger partial charge in [-0.2, -0.15) is 0 Å². The predicted molar refractivity (Wildman–Crippen MR) is 92.4 cm³/mol. The largest absolute Gasteiger partial charge is 0.458 e. The molecule has 4 rings (SSSR count). The standard InChI is InChI=1S/C20H22O7/c1-8(2)6-12(21)25-11-7-9(3)14-15(22)17-19(5,27-17)20(14,24)16-13(11)10(4)18(23)26-16/h6,11,13,16-17,24H,4,7H2,1-3,5H3/t11-,13+,16+,17-,19-,20-/m1/s1. The summed E-state index contributed by atoms with van der Waals surface area (Å²) >= 11 is 0. The van der Waals surface area contributed by atoms with Crippen LogP contribution < -0.4 is 0 Å². The molecule has 2 heterocycles. The molecule has 0 radical (unpaired) electrons. The molecule has 6 atom stereocenters. The molecule has 1 N–H and O–H groups in total. The first-order valence-electron chi connectivity index (χ1n) is 8.92. The molecular formula is C20H22O7. The Labute approximate surface area is 156 Å². The summed E-state index contributed by atoms with van der Waals surface area (Å²) in [6.07, 6.45) is -1.08. The Morgan fingerprint density at radius 3 is 2.67 bits per heavy atom. The number of hydrogen-bond acceptors (Lipinski definition) is 7. The zero-order valence-corrected chi connectivity index (χ0v) is 15.7. The Hall–Kier alpha value is -2.25. The Morgan fingerprint density at radius 1 is 1.37 bits per heavy atom. The number of rotatable bonds is 2. The summed E-state index contributed by atoms with van der Waals surface area (Å²) in [6, 6.07) is 0. The summed E-state index contributed by atoms with van der Waals surface area (Å²) < 4.78 is 16.6. The molecule has 0 unspecified atom stereocenters. The SMILES string of the molecule is C=C1C(=O)O[C@H]2[C@@H]1[C@H](OC(=O)C=C(C)C)CC(C)=C1C(=O)[C@H]3O[C@@]3(C)[C@@]12O.